The fourth-order valence-corrected chi connectivity index (χ4v) is 1.93. The molecule has 7 heteroatoms. The lowest BCUT2D eigenvalue weighted by Gasteiger charge is -2.09. The number of phenols is 1. The fraction of sp³-hybridized carbons (Fsp3) is 0.333. The lowest BCUT2D eigenvalue weighted by Crippen LogP contribution is -2.04. The summed E-state index contributed by atoms with van der Waals surface area (Å²) in [5, 5.41) is 9.11. The van der Waals surface area contributed by atoms with Gasteiger partial charge in [-0.25, -0.2) is 12.8 Å². The number of aromatic hydroxyl groups is 1. The van der Waals surface area contributed by atoms with Crippen molar-refractivity contribution in [1.29, 1.82) is 0 Å². The number of halogens is 2. The average Bonchev–Trinajstić information content (AvgIpc) is 2.13. The van der Waals surface area contributed by atoms with Gasteiger partial charge < -0.3 is 9.84 Å². The molecule has 0 spiro atoms. The Morgan fingerprint density at radius 3 is 2.62 bits per heavy atom. The van der Waals surface area contributed by atoms with Crippen molar-refractivity contribution in [3.63, 3.8) is 0 Å². The van der Waals surface area contributed by atoms with Crippen LogP contribution in [0.15, 0.2) is 12.1 Å². The van der Waals surface area contributed by atoms with E-state index >= 15 is 0 Å². The van der Waals surface area contributed by atoms with Gasteiger partial charge in [0.1, 0.15) is 17.3 Å². The molecule has 0 aromatic heterocycles. The van der Waals surface area contributed by atoms with E-state index in [-0.39, 0.29) is 23.5 Å². The minimum Gasteiger partial charge on any atom is -0.508 e. The Morgan fingerprint density at radius 2 is 2.12 bits per heavy atom. The molecule has 1 aromatic carbocycles. The first kappa shape index (κ1) is 13.1. The number of hydrogen-bond donors (Lipinski definition) is 1. The van der Waals surface area contributed by atoms with Gasteiger partial charge in [0, 0.05) is 28.4 Å². The molecule has 0 atom stereocenters. The number of benzene rings is 1. The number of phenolic OH excluding ortho intramolecular Hbond substituents is 1. The van der Waals surface area contributed by atoms with E-state index in [1.165, 1.54) is 13.2 Å². The standard InChI is InChI=1S/C9H10ClFO4S/c1-15-9-5-6(12)4-8(11)7(9)2-3-16(10,13)14/h4-5,12H,2-3H2,1H3. The quantitative estimate of drug-likeness (QED) is 0.844. The van der Waals surface area contributed by atoms with Gasteiger partial charge in [-0.05, 0) is 6.42 Å². The van der Waals surface area contributed by atoms with Gasteiger partial charge >= 0.3 is 0 Å². The fourth-order valence-electron chi connectivity index (χ4n) is 1.25. The number of rotatable bonds is 4. The topological polar surface area (TPSA) is 63.6 Å². The van der Waals surface area contributed by atoms with E-state index in [0.717, 1.165) is 6.07 Å². The number of methoxy groups -OCH3 is 1. The lowest BCUT2D eigenvalue weighted by atomic mass is 10.1. The molecule has 0 aliphatic rings. The second-order valence-corrected chi connectivity index (χ2v) is 6.00. The van der Waals surface area contributed by atoms with E-state index in [1.54, 1.807) is 0 Å². The predicted molar refractivity (Wildman–Crippen MR) is 58.0 cm³/mol. The first-order valence-electron chi connectivity index (χ1n) is 4.31. The molecular weight excluding hydrogens is 259 g/mol. The normalized spacial score (nSPS) is 11.4. The third-order valence-electron chi connectivity index (χ3n) is 1.96. The Morgan fingerprint density at radius 1 is 1.50 bits per heavy atom. The SMILES string of the molecule is COc1cc(O)cc(F)c1CCS(=O)(=O)Cl. The summed E-state index contributed by atoms with van der Waals surface area (Å²) in [5.41, 5.74) is 0.0736. The van der Waals surface area contributed by atoms with E-state index in [9.17, 15) is 12.8 Å². The van der Waals surface area contributed by atoms with Crippen molar-refractivity contribution in [2.24, 2.45) is 0 Å². The zero-order chi connectivity index (χ0) is 12.3. The highest BCUT2D eigenvalue weighted by Crippen LogP contribution is 2.27. The molecule has 0 heterocycles. The minimum absolute atomic E-state index is 0.0736. The van der Waals surface area contributed by atoms with Crippen LogP contribution in [0.4, 0.5) is 4.39 Å². The smallest absolute Gasteiger partial charge is 0.232 e. The number of ether oxygens (including phenoxy) is 1. The Bertz CT molecular complexity index is 487. The molecule has 0 amide bonds. The zero-order valence-electron chi connectivity index (χ0n) is 8.41. The van der Waals surface area contributed by atoms with Crippen LogP contribution >= 0.6 is 10.7 Å². The van der Waals surface area contributed by atoms with Crippen molar-refractivity contribution in [3.8, 4) is 11.5 Å². The monoisotopic (exact) mass is 268 g/mol. The molecule has 0 fully saturated rings. The summed E-state index contributed by atoms with van der Waals surface area (Å²) < 4.78 is 39.7. The third kappa shape index (κ3) is 3.53. The highest BCUT2D eigenvalue weighted by molar-refractivity contribution is 8.13. The van der Waals surface area contributed by atoms with Crippen LogP contribution < -0.4 is 4.74 Å². The summed E-state index contributed by atoms with van der Waals surface area (Å²) >= 11 is 0. The molecule has 0 aliphatic heterocycles. The first-order valence-corrected chi connectivity index (χ1v) is 6.79. The van der Waals surface area contributed by atoms with Gasteiger partial charge in [0.15, 0.2) is 0 Å². The van der Waals surface area contributed by atoms with Crippen LogP contribution in [0.2, 0.25) is 0 Å². The molecule has 1 rings (SSSR count). The van der Waals surface area contributed by atoms with Crippen LogP contribution in [-0.4, -0.2) is 26.4 Å². The zero-order valence-corrected chi connectivity index (χ0v) is 9.98. The molecule has 1 aromatic rings. The van der Waals surface area contributed by atoms with E-state index in [1.807, 2.05) is 0 Å². The largest absolute Gasteiger partial charge is 0.508 e. The summed E-state index contributed by atoms with van der Waals surface area (Å²) in [6.07, 6.45) is -0.110. The van der Waals surface area contributed by atoms with Gasteiger partial charge in [0.25, 0.3) is 0 Å². The van der Waals surface area contributed by atoms with E-state index in [4.69, 9.17) is 20.5 Å². The van der Waals surface area contributed by atoms with Gasteiger partial charge in [0.05, 0.1) is 12.9 Å². The van der Waals surface area contributed by atoms with Gasteiger partial charge in [-0.15, -0.1) is 0 Å². The van der Waals surface area contributed by atoms with E-state index in [2.05, 4.69) is 0 Å². The number of hydrogen-bond acceptors (Lipinski definition) is 4. The third-order valence-corrected chi connectivity index (χ3v) is 3.11. The van der Waals surface area contributed by atoms with Gasteiger partial charge in [-0.1, -0.05) is 0 Å². The molecule has 0 bridgehead atoms. The van der Waals surface area contributed by atoms with Crippen molar-refractivity contribution >= 4 is 19.7 Å². The van der Waals surface area contributed by atoms with Gasteiger partial charge in [-0.3, -0.25) is 0 Å². The van der Waals surface area contributed by atoms with Gasteiger partial charge in [-0.2, -0.15) is 0 Å². The van der Waals surface area contributed by atoms with Crippen molar-refractivity contribution in [2.45, 2.75) is 6.42 Å². The molecule has 90 valence electrons. The highest BCUT2D eigenvalue weighted by atomic mass is 35.7. The second kappa shape index (κ2) is 4.88. The molecule has 0 saturated carbocycles. The Balaban J connectivity index is 3.03. The van der Waals surface area contributed by atoms with Crippen molar-refractivity contribution < 1.29 is 22.7 Å². The molecule has 0 saturated heterocycles. The summed E-state index contributed by atoms with van der Waals surface area (Å²) in [5.74, 6) is -1.31. The predicted octanol–water partition coefficient (Wildman–Crippen LogP) is 1.65. The first-order chi connectivity index (χ1) is 7.33. The van der Waals surface area contributed by atoms with Crippen LogP contribution in [0.1, 0.15) is 5.56 Å². The van der Waals surface area contributed by atoms with Crippen molar-refractivity contribution in [1.82, 2.24) is 0 Å². The molecule has 0 aliphatic carbocycles. The molecule has 1 N–H and O–H groups in total. The van der Waals surface area contributed by atoms with Crippen molar-refractivity contribution in [2.75, 3.05) is 12.9 Å². The maximum Gasteiger partial charge on any atom is 0.232 e. The summed E-state index contributed by atoms with van der Waals surface area (Å²) in [6.45, 7) is 0. The molecular formula is C9H10ClFO4S. The Labute approximate surface area is 97.0 Å². The van der Waals surface area contributed by atoms with Crippen LogP contribution in [0.5, 0.6) is 11.5 Å². The maximum absolute atomic E-state index is 13.4. The van der Waals surface area contributed by atoms with Gasteiger partial charge in [0.2, 0.25) is 9.05 Å². The van der Waals surface area contributed by atoms with E-state index < -0.39 is 20.6 Å². The lowest BCUT2D eigenvalue weighted by molar-refractivity contribution is 0.396. The maximum atomic E-state index is 13.4. The van der Waals surface area contributed by atoms with Crippen LogP contribution in [-0.2, 0) is 15.5 Å². The molecule has 0 unspecified atom stereocenters. The minimum atomic E-state index is -3.69. The molecule has 4 nitrogen and oxygen atoms in total. The molecule has 0 radical (unpaired) electrons. The van der Waals surface area contributed by atoms with Crippen LogP contribution in [0, 0.1) is 5.82 Å². The highest BCUT2D eigenvalue weighted by Gasteiger charge is 2.14. The average molecular weight is 269 g/mol. The second-order valence-electron chi connectivity index (χ2n) is 3.10. The summed E-state index contributed by atoms with van der Waals surface area (Å²) in [7, 11) is 2.63. The van der Waals surface area contributed by atoms with Crippen LogP contribution in [0.25, 0.3) is 0 Å². The summed E-state index contributed by atoms with van der Waals surface area (Å²) in [4.78, 5) is 0. The summed E-state index contributed by atoms with van der Waals surface area (Å²) in [6, 6.07) is 2.10. The Kier molecular flexibility index (Phi) is 3.98. The molecule has 16 heavy (non-hydrogen) atoms. The van der Waals surface area contributed by atoms with Crippen LogP contribution in [0.3, 0.4) is 0 Å². The Hall–Kier alpha value is -1.01. The van der Waals surface area contributed by atoms with E-state index in [0.29, 0.717) is 0 Å². The van der Waals surface area contributed by atoms with Crippen molar-refractivity contribution in [3.05, 3.63) is 23.5 Å².